The summed E-state index contributed by atoms with van der Waals surface area (Å²) in [6.07, 6.45) is -8.45. The molecule has 0 radical (unpaired) electrons. The van der Waals surface area contributed by atoms with E-state index in [-0.39, 0.29) is 5.69 Å². The zero-order chi connectivity index (χ0) is 16.0. The zero-order valence-electron chi connectivity index (χ0n) is 9.73. The molecular formula is C11H4Cl2F6N2. The standard InChI is InChI=1S/C11H4Cl2F6N2/c12-6-3-5(10(14,15)16)4-7(13)9(6)21-2-1-8(20-21)11(17,18)19/h1-4H. The summed E-state index contributed by atoms with van der Waals surface area (Å²) in [6, 6.07) is 1.79. The highest BCUT2D eigenvalue weighted by Gasteiger charge is 2.35. The van der Waals surface area contributed by atoms with Gasteiger partial charge in [0.1, 0.15) is 5.69 Å². The van der Waals surface area contributed by atoms with Gasteiger partial charge in [0, 0.05) is 6.20 Å². The van der Waals surface area contributed by atoms with Crippen molar-refractivity contribution in [2.75, 3.05) is 0 Å². The summed E-state index contributed by atoms with van der Waals surface area (Å²) in [6.45, 7) is 0. The molecule has 114 valence electrons. The molecule has 0 aliphatic rings. The number of alkyl halides is 6. The average Bonchev–Trinajstić information content (AvgIpc) is 2.75. The van der Waals surface area contributed by atoms with Crippen molar-refractivity contribution < 1.29 is 26.3 Å². The molecule has 21 heavy (non-hydrogen) atoms. The summed E-state index contributed by atoms with van der Waals surface area (Å²) in [7, 11) is 0. The molecule has 10 heteroatoms. The summed E-state index contributed by atoms with van der Waals surface area (Å²) >= 11 is 11.3. The summed E-state index contributed by atoms with van der Waals surface area (Å²) in [5.74, 6) is 0. The van der Waals surface area contributed by atoms with Crippen molar-refractivity contribution in [3.8, 4) is 5.69 Å². The molecule has 0 spiro atoms. The quantitative estimate of drug-likeness (QED) is 0.646. The molecule has 1 aromatic carbocycles. The lowest BCUT2D eigenvalue weighted by molar-refractivity contribution is -0.141. The van der Waals surface area contributed by atoms with Gasteiger partial charge in [-0.15, -0.1) is 0 Å². The van der Waals surface area contributed by atoms with E-state index in [1.807, 2.05) is 0 Å². The maximum atomic E-state index is 12.6. The predicted molar refractivity (Wildman–Crippen MR) is 63.6 cm³/mol. The number of halogens is 8. The van der Waals surface area contributed by atoms with Crippen LogP contribution >= 0.6 is 23.2 Å². The van der Waals surface area contributed by atoms with Crippen LogP contribution in [0.2, 0.25) is 10.0 Å². The first-order chi connectivity index (χ1) is 9.50. The number of aromatic nitrogens is 2. The Balaban J connectivity index is 2.53. The van der Waals surface area contributed by atoms with Crippen molar-refractivity contribution in [1.82, 2.24) is 9.78 Å². The maximum absolute atomic E-state index is 12.6. The van der Waals surface area contributed by atoms with E-state index >= 15 is 0 Å². The SMILES string of the molecule is FC(F)(F)c1cc(Cl)c(-n2ccc(C(F)(F)F)n2)c(Cl)c1. The summed E-state index contributed by atoms with van der Waals surface area (Å²) in [4.78, 5) is 0. The lowest BCUT2D eigenvalue weighted by Gasteiger charge is -2.12. The molecule has 1 aromatic heterocycles. The Labute approximate surface area is 123 Å². The molecule has 0 saturated heterocycles. The number of hydrogen-bond acceptors (Lipinski definition) is 1. The fourth-order valence-electron chi connectivity index (χ4n) is 1.55. The Morgan fingerprint density at radius 2 is 1.43 bits per heavy atom. The predicted octanol–water partition coefficient (Wildman–Crippen LogP) is 5.22. The molecule has 0 N–H and O–H groups in total. The van der Waals surface area contributed by atoms with Gasteiger partial charge in [-0.1, -0.05) is 23.2 Å². The highest BCUT2D eigenvalue weighted by Crippen LogP contribution is 2.38. The largest absolute Gasteiger partial charge is 0.435 e. The van der Waals surface area contributed by atoms with E-state index in [1.54, 1.807) is 0 Å². The van der Waals surface area contributed by atoms with E-state index in [0.717, 1.165) is 6.20 Å². The molecule has 0 aliphatic heterocycles. The number of hydrogen-bond donors (Lipinski definition) is 0. The van der Waals surface area contributed by atoms with Crippen molar-refractivity contribution in [3.63, 3.8) is 0 Å². The third-order valence-electron chi connectivity index (χ3n) is 2.45. The summed E-state index contributed by atoms with van der Waals surface area (Å²) in [5.41, 5.74) is -2.58. The number of benzene rings is 1. The molecule has 0 atom stereocenters. The molecule has 2 aromatic rings. The van der Waals surface area contributed by atoms with E-state index in [4.69, 9.17) is 23.2 Å². The average molecular weight is 349 g/mol. The van der Waals surface area contributed by atoms with Crippen LogP contribution in [0.4, 0.5) is 26.3 Å². The lowest BCUT2D eigenvalue weighted by Crippen LogP contribution is -2.09. The van der Waals surface area contributed by atoms with Gasteiger partial charge >= 0.3 is 12.4 Å². The van der Waals surface area contributed by atoms with Gasteiger partial charge in [-0.2, -0.15) is 31.4 Å². The molecule has 0 amide bonds. The van der Waals surface area contributed by atoms with Gasteiger partial charge in [0.05, 0.1) is 15.6 Å². The molecule has 2 rings (SSSR count). The second-order valence-corrected chi connectivity index (χ2v) is 4.74. The van der Waals surface area contributed by atoms with Gasteiger partial charge in [0.2, 0.25) is 0 Å². The van der Waals surface area contributed by atoms with Crippen LogP contribution in [0.3, 0.4) is 0 Å². The monoisotopic (exact) mass is 348 g/mol. The van der Waals surface area contributed by atoms with Crippen molar-refractivity contribution in [1.29, 1.82) is 0 Å². The fraction of sp³-hybridized carbons (Fsp3) is 0.182. The minimum Gasteiger partial charge on any atom is -0.237 e. The molecule has 2 nitrogen and oxygen atoms in total. The smallest absolute Gasteiger partial charge is 0.237 e. The Hall–Kier alpha value is -1.41. The lowest BCUT2D eigenvalue weighted by atomic mass is 10.2. The summed E-state index contributed by atoms with van der Waals surface area (Å²) in [5, 5.41) is 2.27. The number of nitrogens with zero attached hydrogens (tertiary/aromatic N) is 2. The summed E-state index contributed by atoms with van der Waals surface area (Å²) < 4.78 is 75.7. The molecule has 0 fully saturated rings. The first-order valence-corrected chi connectivity index (χ1v) is 5.95. The molecule has 0 saturated carbocycles. The van der Waals surface area contributed by atoms with Crippen LogP contribution in [0.15, 0.2) is 24.4 Å². The second kappa shape index (κ2) is 5.10. The van der Waals surface area contributed by atoms with Crippen molar-refractivity contribution in [3.05, 3.63) is 45.7 Å². The van der Waals surface area contributed by atoms with Gasteiger partial charge in [-0.25, -0.2) is 4.68 Å². The molecule has 1 heterocycles. The van der Waals surface area contributed by atoms with Crippen LogP contribution < -0.4 is 0 Å². The van der Waals surface area contributed by atoms with Gasteiger partial charge in [0.25, 0.3) is 0 Å². The fourth-order valence-corrected chi connectivity index (χ4v) is 2.21. The molecule has 0 bridgehead atoms. The van der Waals surface area contributed by atoms with E-state index in [2.05, 4.69) is 5.10 Å². The Kier molecular flexibility index (Phi) is 3.88. The van der Waals surface area contributed by atoms with Crippen molar-refractivity contribution in [2.45, 2.75) is 12.4 Å². The normalized spacial score (nSPS) is 12.8. The Bertz CT molecular complexity index is 651. The molecule has 0 aliphatic carbocycles. The first kappa shape index (κ1) is 16.0. The Morgan fingerprint density at radius 3 is 1.81 bits per heavy atom. The van der Waals surface area contributed by atoms with Crippen LogP contribution in [0, 0.1) is 0 Å². The van der Waals surface area contributed by atoms with Crippen LogP contribution in [0.25, 0.3) is 5.69 Å². The van der Waals surface area contributed by atoms with Crippen LogP contribution in [0.5, 0.6) is 0 Å². The van der Waals surface area contributed by atoms with Crippen molar-refractivity contribution >= 4 is 23.2 Å². The van der Waals surface area contributed by atoms with Gasteiger partial charge < -0.3 is 0 Å². The van der Waals surface area contributed by atoms with Crippen LogP contribution in [0.1, 0.15) is 11.3 Å². The van der Waals surface area contributed by atoms with Crippen molar-refractivity contribution in [2.24, 2.45) is 0 Å². The van der Waals surface area contributed by atoms with Gasteiger partial charge in [-0.05, 0) is 18.2 Å². The second-order valence-electron chi connectivity index (χ2n) is 3.93. The van der Waals surface area contributed by atoms with Gasteiger partial charge in [0.15, 0.2) is 5.69 Å². The minimum absolute atomic E-state index is 0.262. The minimum atomic E-state index is -4.68. The van der Waals surface area contributed by atoms with E-state index in [1.165, 1.54) is 0 Å². The molecule has 0 unspecified atom stereocenters. The van der Waals surface area contributed by atoms with Gasteiger partial charge in [-0.3, -0.25) is 0 Å². The van der Waals surface area contributed by atoms with E-state index < -0.39 is 33.7 Å². The van der Waals surface area contributed by atoms with E-state index in [9.17, 15) is 26.3 Å². The topological polar surface area (TPSA) is 17.8 Å². The first-order valence-electron chi connectivity index (χ1n) is 5.19. The van der Waals surface area contributed by atoms with E-state index in [0.29, 0.717) is 22.9 Å². The molecular weight excluding hydrogens is 345 g/mol. The third kappa shape index (κ3) is 3.26. The maximum Gasteiger partial charge on any atom is 0.435 e. The highest BCUT2D eigenvalue weighted by atomic mass is 35.5. The zero-order valence-corrected chi connectivity index (χ0v) is 11.2. The number of rotatable bonds is 1. The Morgan fingerprint density at radius 1 is 0.905 bits per heavy atom. The highest BCUT2D eigenvalue weighted by molar-refractivity contribution is 6.37. The van der Waals surface area contributed by atoms with Crippen LogP contribution in [-0.2, 0) is 12.4 Å². The third-order valence-corrected chi connectivity index (χ3v) is 3.03. The van der Waals surface area contributed by atoms with Crippen LogP contribution in [-0.4, -0.2) is 9.78 Å².